The van der Waals surface area contributed by atoms with E-state index in [9.17, 15) is 8.42 Å². The molecular weight excluding hydrogens is 312 g/mol. The Balaban J connectivity index is 0.00000220. The first-order valence-electron chi connectivity index (χ1n) is 6.84. The molecule has 0 saturated carbocycles. The molecule has 21 heavy (non-hydrogen) atoms. The minimum Gasteiger partial charge on any atom is -0.497 e. The molecule has 1 aromatic carbocycles. The minimum atomic E-state index is -3.33. The van der Waals surface area contributed by atoms with E-state index in [1.54, 1.807) is 31.4 Å². The van der Waals surface area contributed by atoms with Gasteiger partial charge in [0.25, 0.3) is 0 Å². The van der Waals surface area contributed by atoms with Crippen molar-refractivity contribution in [1.29, 1.82) is 0 Å². The van der Waals surface area contributed by atoms with E-state index >= 15 is 0 Å². The van der Waals surface area contributed by atoms with Crippen LogP contribution in [0.3, 0.4) is 0 Å². The van der Waals surface area contributed by atoms with Gasteiger partial charge in [0.05, 0.1) is 12.9 Å². The summed E-state index contributed by atoms with van der Waals surface area (Å²) in [6.07, 6.45) is 0.832. The van der Waals surface area contributed by atoms with Crippen LogP contribution in [-0.2, 0) is 15.8 Å². The smallest absolute Gasteiger partial charge is 0.216 e. The average Bonchev–Trinajstić information content (AvgIpc) is 2.41. The fourth-order valence-corrected chi connectivity index (χ4v) is 3.96. The van der Waals surface area contributed by atoms with Gasteiger partial charge >= 0.3 is 0 Å². The predicted octanol–water partition coefficient (Wildman–Crippen LogP) is 1.53. The van der Waals surface area contributed by atoms with Crippen molar-refractivity contribution in [2.45, 2.75) is 25.1 Å². The van der Waals surface area contributed by atoms with Gasteiger partial charge in [0, 0.05) is 6.04 Å². The van der Waals surface area contributed by atoms with Gasteiger partial charge in [-0.3, -0.25) is 0 Å². The summed E-state index contributed by atoms with van der Waals surface area (Å²) < 4.78 is 32.4. The molecule has 0 radical (unpaired) electrons. The molecule has 0 bridgehead atoms. The number of piperidine rings is 1. The largest absolute Gasteiger partial charge is 0.497 e. The summed E-state index contributed by atoms with van der Waals surface area (Å²) in [6, 6.07) is 7.18. The van der Waals surface area contributed by atoms with Crippen molar-refractivity contribution in [1.82, 2.24) is 10.0 Å². The summed E-state index contributed by atoms with van der Waals surface area (Å²) in [5, 5.41) is 3.26. The molecule has 1 aliphatic rings. The number of methoxy groups -OCH3 is 1. The summed E-state index contributed by atoms with van der Waals surface area (Å²) in [5.74, 6) is 0.970. The van der Waals surface area contributed by atoms with Crippen LogP contribution in [0.4, 0.5) is 0 Å². The van der Waals surface area contributed by atoms with Crippen LogP contribution in [0.15, 0.2) is 24.3 Å². The first kappa shape index (κ1) is 18.2. The van der Waals surface area contributed by atoms with Crippen molar-refractivity contribution in [2.24, 2.45) is 5.92 Å². The van der Waals surface area contributed by atoms with E-state index in [-0.39, 0.29) is 24.2 Å². The second kappa shape index (κ2) is 7.98. The molecule has 0 aliphatic carbocycles. The second-order valence-electron chi connectivity index (χ2n) is 5.31. The fraction of sp³-hybridized carbons (Fsp3) is 0.571. The number of nitrogens with one attached hydrogen (secondary N) is 2. The molecule has 0 amide bonds. The third kappa shape index (κ3) is 5.47. The van der Waals surface area contributed by atoms with Crippen LogP contribution in [0.1, 0.15) is 18.9 Å². The number of hydrogen-bond acceptors (Lipinski definition) is 4. The Hall–Kier alpha value is -0.820. The van der Waals surface area contributed by atoms with E-state index in [1.807, 2.05) is 0 Å². The van der Waals surface area contributed by atoms with Crippen LogP contribution < -0.4 is 14.8 Å². The van der Waals surface area contributed by atoms with Gasteiger partial charge in [0.2, 0.25) is 10.0 Å². The van der Waals surface area contributed by atoms with Gasteiger partial charge in [0.15, 0.2) is 0 Å². The quantitative estimate of drug-likeness (QED) is 0.857. The summed E-state index contributed by atoms with van der Waals surface area (Å²) in [7, 11) is -1.75. The van der Waals surface area contributed by atoms with E-state index in [2.05, 4.69) is 17.0 Å². The van der Waals surface area contributed by atoms with Gasteiger partial charge in [-0.15, -0.1) is 12.4 Å². The molecule has 0 spiro atoms. The van der Waals surface area contributed by atoms with E-state index in [4.69, 9.17) is 4.74 Å². The summed E-state index contributed by atoms with van der Waals surface area (Å²) >= 11 is 0. The van der Waals surface area contributed by atoms with Gasteiger partial charge in [-0.2, -0.15) is 0 Å². The van der Waals surface area contributed by atoms with E-state index in [0.29, 0.717) is 11.7 Å². The molecule has 5 nitrogen and oxygen atoms in total. The van der Waals surface area contributed by atoms with Crippen LogP contribution >= 0.6 is 12.4 Å². The summed E-state index contributed by atoms with van der Waals surface area (Å²) in [6.45, 7) is 3.77. The Morgan fingerprint density at radius 2 is 2.19 bits per heavy atom. The zero-order chi connectivity index (χ0) is 14.6. The molecule has 2 N–H and O–H groups in total. The lowest BCUT2D eigenvalue weighted by Gasteiger charge is -2.29. The van der Waals surface area contributed by atoms with Gasteiger partial charge in [-0.05, 0) is 43.1 Å². The maximum Gasteiger partial charge on any atom is 0.216 e. The van der Waals surface area contributed by atoms with Crippen LogP contribution in [-0.4, -0.2) is 34.7 Å². The normalized spacial score (nSPS) is 22.4. The minimum absolute atomic E-state index is 0. The lowest BCUT2D eigenvalue weighted by Crippen LogP contribution is -2.48. The highest BCUT2D eigenvalue weighted by Crippen LogP contribution is 2.16. The van der Waals surface area contributed by atoms with Crippen LogP contribution in [0.5, 0.6) is 5.75 Å². The number of rotatable bonds is 5. The maximum atomic E-state index is 12.2. The topological polar surface area (TPSA) is 67.4 Å². The standard InChI is InChI=1S/C14H22N2O3S.ClH/c1-11-9-15-7-6-14(11)16-20(17,18)10-12-4-3-5-13(8-12)19-2;/h3-5,8,11,14-16H,6-7,9-10H2,1-2H3;1H. The fourth-order valence-electron chi connectivity index (χ4n) is 2.44. The van der Waals surface area contributed by atoms with E-state index < -0.39 is 10.0 Å². The molecule has 2 unspecified atom stereocenters. The Labute approximate surface area is 132 Å². The molecule has 1 heterocycles. The number of benzene rings is 1. The molecule has 2 rings (SSSR count). The highest BCUT2D eigenvalue weighted by Gasteiger charge is 2.25. The third-order valence-electron chi connectivity index (χ3n) is 3.61. The van der Waals surface area contributed by atoms with Crippen LogP contribution in [0.25, 0.3) is 0 Å². The zero-order valence-electron chi connectivity index (χ0n) is 12.3. The third-order valence-corrected chi connectivity index (χ3v) is 4.98. The van der Waals surface area contributed by atoms with Crippen molar-refractivity contribution in [3.05, 3.63) is 29.8 Å². The molecule has 1 aliphatic heterocycles. The Morgan fingerprint density at radius 1 is 1.43 bits per heavy atom. The van der Waals surface area contributed by atoms with Crippen molar-refractivity contribution in [3.8, 4) is 5.75 Å². The number of hydrogen-bond donors (Lipinski definition) is 2. The summed E-state index contributed by atoms with van der Waals surface area (Å²) in [4.78, 5) is 0. The molecule has 1 fully saturated rings. The van der Waals surface area contributed by atoms with Gasteiger partial charge < -0.3 is 10.1 Å². The number of ether oxygens (including phenoxy) is 1. The lowest BCUT2D eigenvalue weighted by molar-refractivity contribution is 0.328. The molecular formula is C14H23ClN2O3S. The first-order chi connectivity index (χ1) is 9.50. The molecule has 1 saturated heterocycles. The lowest BCUT2D eigenvalue weighted by atomic mass is 9.97. The van der Waals surface area contributed by atoms with E-state index in [0.717, 1.165) is 25.1 Å². The number of halogens is 1. The van der Waals surface area contributed by atoms with Gasteiger partial charge in [-0.25, -0.2) is 13.1 Å². The Morgan fingerprint density at radius 3 is 2.86 bits per heavy atom. The SMILES string of the molecule is COc1cccc(CS(=O)(=O)NC2CCNCC2C)c1.Cl. The van der Waals surface area contributed by atoms with Gasteiger partial charge in [0.1, 0.15) is 5.75 Å². The van der Waals surface area contributed by atoms with Gasteiger partial charge in [-0.1, -0.05) is 19.1 Å². The average molecular weight is 335 g/mol. The van der Waals surface area contributed by atoms with E-state index in [1.165, 1.54) is 0 Å². The summed E-state index contributed by atoms with van der Waals surface area (Å²) in [5.41, 5.74) is 0.735. The van der Waals surface area contributed by atoms with Crippen molar-refractivity contribution >= 4 is 22.4 Å². The van der Waals surface area contributed by atoms with Crippen molar-refractivity contribution < 1.29 is 13.2 Å². The van der Waals surface area contributed by atoms with Crippen molar-refractivity contribution in [3.63, 3.8) is 0 Å². The second-order valence-corrected chi connectivity index (χ2v) is 7.06. The molecule has 0 aromatic heterocycles. The highest BCUT2D eigenvalue weighted by molar-refractivity contribution is 7.88. The molecule has 1 aromatic rings. The van der Waals surface area contributed by atoms with Crippen LogP contribution in [0.2, 0.25) is 0 Å². The van der Waals surface area contributed by atoms with Crippen LogP contribution in [0, 0.1) is 5.92 Å². The first-order valence-corrected chi connectivity index (χ1v) is 8.49. The molecule has 120 valence electrons. The molecule has 7 heteroatoms. The zero-order valence-corrected chi connectivity index (χ0v) is 14.0. The number of sulfonamides is 1. The maximum absolute atomic E-state index is 12.2. The Kier molecular flexibility index (Phi) is 6.93. The Bertz CT molecular complexity index is 551. The predicted molar refractivity (Wildman–Crippen MR) is 86.4 cm³/mol. The highest BCUT2D eigenvalue weighted by atomic mass is 35.5. The molecule has 2 atom stereocenters. The van der Waals surface area contributed by atoms with Crippen molar-refractivity contribution in [2.75, 3.05) is 20.2 Å². The monoisotopic (exact) mass is 334 g/mol.